The average Bonchev–Trinajstić information content (AvgIpc) is 3.24. The number of allylic oxidation sites excluding steroid dienone is 1. The Morgan fingerprint density at radius 2 is 1.83 bits per heavy atom. The van der Waals surface area contributed by atoms with Crippen LogP contribution in [0.15, 0.2) is 65.6 Å². The fraction of sp³-hybridized carbons (Fsp3) is 0.483. The number of aryl methyl sites for hydroxylation is 1. The van der Waals surface area contributed by atoms with Crippen molar-refractivity contribution in [3.8, 4) is 5.75 Å². The number of carbonyl (C=O) groups is 1. The molecule has 0 amide bonds. The van der Waals surface area contributed by atoms with Gasteiger partial charge < -0.3 is 9.47 Å². The number of ether oxygens (including phenoxy) is 2. The summed E-state index contributed by atoms with van der Waals surface area (Å²) in [7, 11) is -2.03. The van der Waals surface area contributed by atoms with E-state index in [9.17, 15) is 13.2 Å². The third-order valence-corrected chi connectivity index (χ3v) is 12.1. The van der Waals surface area contributed by atoms with Crippen LogP contribution in [0.5, 0.6) is 5.75 Å². The lowest BCUT2D eigenvalue weighted by Crippen LogP contribution is -2.56. The summed E-state index contributed by atoms with van der Waals surface area (Å²) in [5.41, 5.74) is 0.744. The summed E-state index contributed by atoms with van der Waals surface area (Å²) in [5.74, 6) is 1.11. The van der Waals surface area contributed by atoms with Crippen molar-refractivity contribution in [3.63, 3.8) is 0 Å². The third-order valence-electron chi connectivity index (χ3n) is 9.86. The van der Waals surface area contributed by atoms with Crippen LogP contribution in [0, 0.1) is 16.7 Å². The van der Waals surface area contributed by atoms with Gasteiger partial charge in [-0.25, -0.2) is 8.42 Å². The Morgan fingerprint density at radius 3 is 2.54 bits per heavy atom. The van der Waals surface area contributed by atoms with Crippen molar-refractivity contribution in [1.82, 2.24) is 0 Å². The van der Waals surface area contributed by atoms with Gasteiger partial charge in [0.25, 0.3) is 0 Å². The van der Waals surface area contributed by atoms with Gasteiger partial charge in [-0.2, -0.15) is 0 Å². The van der Waals surface area contributed by atoms with Crippen LogP contribution in [0.4, 0.5) is 0 Å². The molecule has 35 heavy (non-hydrogen) atoms. The van der Waals surface area contributed by atoms with Gasteiger partial charge in [0.1, 0.15) is 11.0 Å². The average molecular weight is 493 g/mol. The molecule has 2 fully saturated rings. The van der Waals surface area contributed by atoms with Crippen LogP contribution >= 0.6 is 0 Å². The van der Waals surface area contributed by atoms with Crippen LogP contribution in [-0.2, 0) is 25.8 Å². The topological polar surface area (TPSA) is 69.7 Å². The van der Waals surface area contributed by atoms with Gasteiger partial charge in [-0.3, -0.25) is 4.79 Å². The number of hydrogen-bond acceptors (Lipinski definition) is 5. The summed E-state index contributed by atoms with van der Waals surface area (Å²) < 4.78 is 39.8. The first-order valence-corrected chi connectivity index (χ1v) is 14.1. The number of hydrogen-bond donors (Lipinski definition) is 0. The molecule has 2 bridgehead atoms. The smallest absolute Gasteiger partial charge is 0.303 e. The van der Waals surface area contributed by atoms with Gasteiger partial charge in [0.05, 0.1) is 12.0 Å². The fourth-order valence-corrected chi connectivity index (χ4v) is 10.5. The second kappa shape index (κ2) is 7.45. The summed E-state index contributed by atoms with van der Waals surface area (Å²) in [5, 5.41) is -0.799. The zero-order chi connectivity index (χ0) is 24.6. The Hall–Kier alpha value is -2.60. The molecule has 2 aromatic carbocycles. The maximum atomic E-state index is 14.1. The predicted octanol–water partition coefficient (Wildman–Crippen LogP) is 5.25. The molecule has 6 atom stereocenters. The molecule has 0 radical (unpaired) electrons. The Bertz CT molecular complexity index is 1330. The first-order valence-electron chi connectivity index (χ1n) is 12.5. The van der Waals surface area contributed by atoms with Crippen LogP contribution < -0.4 is 4.74 Å². The minimum Gasteiger partial charge on any atom is -0.497 e. The van der Waals surface area contributed by atoms with Crippen LogP contribution in [0.2, 0.25) is 0 Å². The van der Waals surface area contributed by atoms with Gasteiger partial charge >= 0.3 is 5.97 Å². The van der Waals surface area contributed by atoms with Gasteiger partial charge in [-0.1, -0.05) is 37.3 Å². The molecule has 184 valence electrons. The molecule has 2 saturated carbocycles. The lowest BCUT2D eigenvalue weighted by molar-refractivity contribution is -0.168. The van der Waals surface area contributed by atoms with Crippen molar-refractivity contribution in [2.24, 2.45) is 16.7 Å². The summed E-state index contributed by atoms with van der Waals surface area (Å²) in [6.45, 7) is 3.57. The molecule has 4 aliphatic rings. The van der Waals surface area contributed by atoms with Crippen LogP contribution in [0.25, 0.3) is 0 Å². The van der Waals surface area contributed by atoms with E-state index in [1.165, 1.54) is 18.1 Å². The standard InChI is InChI=1S/C29H32O5S/c1-19(30)34-29-16-15-28(18-26(29)35(31,32)22-7-5-4-6-8-22)25-12-9-20-17-21(33-3)10-11-23(20)24(25)13-14-27(28,29)2/h4-8,10-11,15-17,24-26H,9,12-14,18H2,1-3H3/t24-,25+,26+,27-,28-,29+/m0/s1. The van der Waals surface area contributed by atoms with Crippen molar-refractivity contribution in [1.29, 1.82) is 0 Å². The fourth-order valence-electron chi connectivity index (χ4n) is 8.33. The minimum absolute atomic E-state index is 0.298. The normalized spacial score (nSPS) is 36.7. The summed E-state index contributed by atoms with van der Waals surface area (Å²) in [6, 6.07) is 15.0. The van der Waals surface area contributed by atoms with Crippen molar-refractivity contribution >= 4 is 15.8 Å². The molecule has 6 heteroatoms. The van der Waals surface area contributed by atoms with E-state index in [4.69, 9.17) is 9.47 Å². The molecule has 2 aromatic rings. The molecule has 0 heterocycles. The van der Waals surface area contributed by atoms with Crippen LogP contribution in [0.3, 0.4) is 0 Å². The van der Waals surface area contributed by atoms with Crippen LogP contribution in [-0.4, -0.2) is 32.3 Å². The molecule has 0 aromatic heterocycles. The molecule has 0 saturated heterocycles. The van der Waals surface area contributed by atoms with Gasteiger partial charge in [-0.15, -0.1) is 0 Å². The number of benzene rings is 2. The van der Waals surface area contributed by atoms with E-state index in [2.05, 4.69) is 25.1 Å². The Labute approximate surface area is 207 Å². The first kappa shape index (κ1) is 22.8. The molecule has 5 nitrogen and oxygen atoms in total. The van der Waals surface area contributed by atoms with Crippen molar-refractivity contribution in [2.45, 2.75) is 67.6 Å². The number of methoxy groups -OCH3 is 1. The summed E-state index contributed by atoms with van der Waals surface area (Å²) in [6.07, 6.45) is 8.35. The first-order chi connectivity index (χ1) is 16.7. The molecular formula is C29H32O5S. The van der Waals surface area contributed by atoms with E-state index in [0.717, 1.165) is 31.4 Å². The van der Waals surface area contributed by atoms with Gasteiger partial charge in [0, 0.05) is 17.8 Å². The van der Waals surface area contributed by atoms with E-state index in [1.807, 2.05) is 18.2 Å². The quantitative estimate of drug-likeness (QED) is 0.431. The molecule has 4 aliphatic carbocycles. The number of sulfone groups is 1. The van der Waals surface area contributed by atoms with Gasteiger partial charge in [0.2, 0.25) is 0 Å². The summed E-state index contributed by atoms with van der Waals surface area (Å²) in [4.78, 5) is 12.7. The van der Waals surface area contributed by atoms with E-state index >= 15 is 0 Å². The Balaban J connectivity index is 1.49. The van der Waals surface area contributed by atoms with Gasteiger partial charge in [0.15, 0.2) is 15.4 Å². The summed E-state index contributed by atoms with van der Waals surface area (Å²) >= 11 is 0. The number of esters is 1. The van der Waals surface area contributed by atoms with E-state index in [-0.39, 0.29) is 5.41 Å². The highest BCUT2D eigenvalue weighted by atomic mass is 32.2. The minimum atomic E-state index is -3.73. The number of carbonyl (C=O) groups excluding carboxylic acids is 1. The van der Waals surface area contributed by atoms with Gasteiger partial charge in [-0.05, 0) is 85.4 Å². The second-order valence-electron chi connectivity index (χ2n) is 11.0. The van der Waals surface area contributed by atoms with E-state index in [1.54, 1.807) is 31.4 Å². The third kappa shape index (κ3) is 2.80. The lowest BCUT2D eigenvalue weighted by Gasteiger charge is -2.56. The lowest BCUT2D eigenvalue weighted by atomic mass is 9.48. The van der Waals surface area contributed by atoms with Crippen molar-refractivity contribution < 1.29 is 22.7 Å². The van der Waals surface area contributed by atoms with Crippen molar-refractivity contribution in [3.05, 3.63) is 71.8 Å². The highest BCUT2D eigenvalue weighted by Crippen LogP contribution is 2.76. The van der Waals surface area contributed by atoms with Crippen LogP contribution in [0.1, 0.15) is 56.6 Å². The Kier molecular flexibility index (Phi) is 4.86. The Morgan fingerprint density at radius 1 is 1.06 bits per heavy atom. The second-order valence-corrected chi connectivity index (χ2v) is 13.1. The SMILES string of the molecule is COc1ccc2c(c1)CC[C@@H]1[C@H]2CC[C@@]2(C)[C@]13C=C[C@@]2(OC(C)=O)[C@H](S(=O)(=O)c1ccccc1)C3. The molecular weight excluding hydrogens is 460 g/mol. The number of fused-ring (bicyclic) bond motifs is 3. The van der Waals surface area contributed by atoms with E-state index < -0.39 is 32.1 Å². The van der Waals surface area contributed by atoms with E-state index in [0.29, 0.717) is 23.2 Å². The molecule has 0 aliphatic heterocycles. The largest absolute Gasteiger partial charge is 0.497 e. The zero-order valence-electron chi connectivity index (χ0n) is 20.5. The monoisotopic (exact) mass is 492 g/mol. The molecule has 0 spiro atoms. The molecule has 0 N–H and O–H groups in total. The highest BCUT2D eigenvalue weighted by Gasteiger charge is 2.78. The predicted molar refractivity (Wildman–Crippen MR) is 133 cm³/mol. The zero-order valence-corrected chi connectivity index (χ0v) is 21.3. The molecule has 6 rings (SSSR count). The number of rotatable bonds is 4. The molecule has 0 unspecified atom stereocenters. The maximum absolute atomic E-state index is 14.1. The maximum Gasteiger partial charge on any atom is 0.303 e. The van der Waals surface area contributed by atoms with Crippen molar-refractivity contribution in [2.75, 3.05) is 7.11 Å². The highest BCUT2D eigenvalue weighted by molar-refractivity contribution is 7.92.